The molecular weight excluding hydrogens is 316 g/mol. The Hall–Kier alpha value is -2.63. The molecule has 2 amide bonds. The lowest BCUT2D eigenvalue weighted by molar-refractivity contribution is 0.0688. The van der Waals surface area contributed by atoms with E-state index in [4.69, 9.17) is 0 Å². The van der Waals surface area contributed by atoms with Gasteiger partial charge in [0.1, 0.15) is 5.69 Å². The fraction of sp³-hybridized carbons (Fsp3) is 0.421. The van der Waals surface area contributed by atoms with Crippen LogP contribution in [0.2, 0.25) is 0 Å². The summed E-state index contributed by atoms with van der Waals surface area (Å²) < 4.78 is 1.65. The quantitative estimate of drug-likeness (QED) is 0.932. The number of carbonyl (C=O) groups excluding carboxylic acids is 2. The Balaban J connectivity index is 1.51. The van der Waals surface area contributed by atoms with E-state index in [9.17, 15) is 9.59 Å². The second-order valence-electron chi connectivity index (χ2n) is 7.09. The van der Waals surface area contributed by atoms with Crippen molar-refractivity contribution < 1.29 is 9.59 Å². The summed E-state index contributed by atoms with van der Waals surface area (Å²) in [5.74, 6) is 0.355. The normalized spacial score (nSPS) is 16.7. The predicted molar refractivity (Wildman–Crippen MR) is 94.7 cm³/mol. The van der Waals surface area contributed by atoms with Crippen LogP contribution in [-0.2, 0) is 6.54 Å². The van der Waals surface area contributed by atoms with Crippen molar-refractivity contribution in [2.24, 2.45) is 5.92 Å². The Morgan fingerprint density at radius 2 is 2.00 bits per heavy atom. The number of anilines is 1. The monoisotopic (exact) mass is 338 g/mol. The van der Waals surface area contributed by atoms with Gasteiger partial charge in [0.2, 0.25) is 0 Å². The molecule has 6 nitrogen and oxygen atoms in total. The summed E-state index contributed by atoms with van der Waals surface area (Å²) in [5.41, 5.74) is 3.83. The first-order valence-corrected chi connectivity index (χ1v) is 8.77. The molecule has 6 heteroatoms. The van der Waals surface area contributed by atoms with Gasteiger partial charge in [-0.1, -0.05) is 6.07 Å². The summed E-state index contributed by atoms with van der Waals surface area (Å²) in [7, 11) is 0. The van der Waals surface area contributed by atoms with Crippen LogP contribution in [-0.4, -0.2) is 39.6 Å². The third kappa shape index (κ3) is 3.16. The molecule has 0 spiro atoms. The van der Waals surface area contributed by atoms with Gasteiger partial charge in [-0.3, -0.25) is 14.3 Å². The van der Waals surface area contributed by atoms with Crippen molar-refractivity contribution in [1.29, 1.82) is 0 Å². The van der Waals surface area contributed by atoms with Crippen LogP contribution >= 0.6 is 0 Å². The molecule has 0 bridgehead atoms. The lowest BCUT2D eigenvalue weighted by Crippen LogP contribution is -2.41. The third-order valence-corrected chi connectivity index (χ3v) is 5.04. The van der Waals surface area contributed by atoms with Crippen LogP contribution in [0.3, 0.4) is 0 Å². The van der Waals surface area contributed by atoms with Crippen molar-refractivity contribution in [3.63, 3.8) is 0 Å². The molecular formula is C19H22N4O2. The van der Waals surface area contributed by atoms with E-state index in [1.165, 1.54) is 18.4 Å². The molecule has 0 radical (unpaired) electrons. The molecule has 2 aliphatic rings. The molecule has 4 rings (SSSR count). The summed E-state index contributed by atoms with van der Waals surface area (Å²) in [6.45, 7) is 6.18. The molecule has 1 fully saturated rings. The minimum atomic E-state index is -0.285. The maximum absolute atomic E-state index is 12.6. The van der Waals surface area contributed by atoms with Gasteiger partial charge in [-0.2, -0.15) is 5.10 Å². The predicted octanol–water partition coefficient (Wildman–Crippen LogP) is 2.62. The van der Waals surface area contributed by atoms with Crippen molar-refractivity contribution in [3.05, 3.63) is 46.8 Å². The van der Waals surface area contributed by atoms with Gasteiger partial charge in [0.25, 0.3) is 11.8 Å². The fourth-order valence-electron chi connectivity index (χ4n) is 3.15. The Bertz CT molecular complexity index is 851. The largest absolute Gasteiger partial charge is 0.335 e. The molecule has 1 aromatic heterocycles. The molecule has 2 aromatic rings. The first-order chi connectivity index (χ1) is 12.0. The van der Waals surface area contributed by atoms with E-state index >= 15 is 0 Å². The second kappa shape index (κ2) is 6.02. The second-order valence-corrected chi connectivity index (χ2v) is 7.09. The van der Waals surface area contributed by atoms with Crippen LogP contribution in [0.15, 0.2) is 24.3 Å². The minimum Gasteiger partial charge on any atom is -0.335 e. The van der Waals surface area contributed by atoms with Gasteiger partial charge >= 0.3 is 0 Å². The fourth-order valence-corrected chi connectivity index (χ4v) is 3.15. The average molecular weight is 338 g/mol. The van der Waals surface area contributed by atoms with Crippen LogP contribution in [0.5, 0.6) is 0 Å². The molecule has 1 N–H and O–H groups in total. The van der Waals surface area contributed by atoms with E-state index in [1.807, 2.05) is 36.9 Å². The number of benzene rings is 1. The van der Waals surface area contributed by atoms with Crippen molar-refractivity contribution >= 4 is 17.5 Å². The number of hydrogen-bond donors (Lipinski definition) is 1. The summed E-state index contributed by atoms with van der Waals surface area (Å²) >= 11 is 0. The maximum Gasteiger partial charge on any atom is 0.276 e. The maximum atomic E-state index is 12.6. The van der Waals surface area contributed by atoms with Crippen LogP contribution in [0.1, 0.15) is 44.9 Å². The molecule has 0 atom stereocenters. The molecule has 2 heterocycles. The number of nitrogens with one attached hydrogen (secondary N) is 1. The highest BCUT2D eigenvalue weighted by atomic mass is 16.2. The van der Waals surface area contributed by atoms with Gasteiger partial charge in [-0.05, 0) is 55.9 Å². The molecule has 130 valence electrons. The number of aryl methyl sites for hydroxylation is 2. The molecule has 1 aromatic carbocycles. The average Bonchev–Trinajstić information content (AvgIpc) is 3.29. The smallest absolute Gasteiger partial charge is 0.276 e. The highest BCUT2D eigenvalue weighted by Gasteiger charge is 2.32. The number of aromatic nitrogens is 2. The van der Waals surface area contributed by atoms with Crippen LogP contribution in [0, 0.1) is 19.8 Å². The summed E-state index contributed by atoms with van der Waals surface area (Å²) in [4.78, 5) is 27.0. The lowest BCUT2D eigenvalue weighted by atomic mass is 10.1. The summed E-state index contributed by atoms with van der Waals surface area (Å²) in [6, 6.07) is 7.39. The van der Waals surface area contributed by atoms with Crippen molar-refractivity contribution in [3.8, 4) is 0 Å². The molecule has 0 unspecified atom stereocenters. The number of hydrogen-bond acceptors (Lipinski definition) is 3. The van der Waals surface area contributed by atoms with Gasteiger partial charge < -0.3 is 10.2 Å². The zero-order valence-corrected chi connectivity index (χ0v) is 14.6. The molecule has 25 heavy (non-hydrogen) atoms. The van der Waals surface area contributed by atoms with E-state index < -0.39 is 0 Å². The molecule has 1 saturated carbocycles. The van der Waals surface area contributed by atoms with E-state index in [0.29, 0.717) is 24.7 Å². The van der Waals surface area contributed by atoms with Gasteiger partial charge in [0.15, 0.2) is 5.69 Å². The summed E-state index contributed by atoms with van der Waals surface area (Å²) in [6.07, 6.45) is 2.43. The minimum absolute atomic E-state index is 0.0177. The van der Waals surface area contributed by atoms with Crippen molar-refractivity contribution in [2.45, 2.75) is 33.2 Å². The highest BCUT2D eigenvalue weighted by Crippen LogP contribution is 2.30. The standard InChI is InChI=1S/C19H22N4O2/c1-12-3-6-15(9-13(12)2)20-18(24)16-10-17-19(25)22(11-14-4-5-14)7-8-23(17)21-16/h3,6,9-10,14H,4-5,7-8,11H2,1-2H3,(H,20,24). The van der Waals surface area contributed by atoms with E-state index in [-0.39, 0.29) is 17.5 Å². The zero-order valence-electron chi connectivity index (χ0n) is 14.6. The van der Waals surface area contributed by atoms with Crippen molar-refractivity contribution in [2.75, 3.05) is 18.4 Å². The number of fused-ring (bicyclic) bond motifs is 1. The SMILES string of the molecule is Cc1ccc(NC(=O)c2cc3n(n2)CCN(CC2CC2)C3=O)cc1C. The molecule has 0 saturated heterocycles. The molecule has 1 aliphatic carbocycles. The first-order valence-electron chi connectivity index (χ1n) is 8.77. The van der Waals surface area contributed by atoms with Gasteiger partial charge in [-0.15, -0.1) is 0 Å². The Labute approximate surface area is 146 Å². The van der Waals surface area contributed by atoms with Crippen LogP contribution in [0.25, 0.3) is 0 Å². The van der Waals surface area contributed by atoms with E-state index in [2.05, 4.69) is 10.4 Å². The van der Waals surface area contributed by atoms with Gasteiger partial charge in [0, 0.05) is 24.8 Å². The first kappa shape index (κ1) is 15.9. The van der Waals surface area contributed by atoms with Crippen LogP contribution < -0.4 is 5.32 Å². The Morgan fingerprint density at radius 3 is 2.72 bits per heavy atom. The number of nitrogens with zero attached hydrogens (tertiary/aromatic N) is 3. The van der Waals surface area contributed by atoms with E-state index in [0.717, 1.165) is 17.8 Å². The van der Waals surface area contributed by atoms with Gasteiger partial charge in [-0.25, -0.2) is 0 Å². The summed E-state index contributed by atoms with van der Waals surface area (Å²) in [5, 5.41) is 7.19. The van der Waals surface area contributed by atoms with Gasteiger partial charge in [0.05, 0.1) is 6.54 Å². The topological polar surface area (TPSA) is 67.2 Å². The van der Waals surface area contributed by atoms with E-state index in [1.54, 1.807) is 10.7 Å². The lowest BCUT2D eigenvalue weighted by Gasteiger charge is -2.27. The Morgan fingerprint density at radius 1 is 1.20 bits per heavy atom. The molecule has 1 aliphatic heterocycles. The Kier molecular flexibility index (Phi) is 3.82. The number of rotatable bonds is 4. The van der Waals surface area contributed by atoms with Crippen molar-refractivity contribution in [1.82, 2.24) is 14.7 Å². The number of amides is 2. The highest BCUT2D eigenvalue weighted by molar-refractivity contribution is 6.04. The number of carbonyl (C=O) groups is 2. The third-order valence-electron chi connectivity index (χ3n) is 5.04. The van der Waals surface area contributed by atoms with Crippen LogP contribution in [0.4, 0.5) is 5.69 Å². The zero-order chi connectivity index (χ0) is 17.6.